The van der Waals surface area contributed by atoms with Gasteiger partial charge in [-0.25, -0.2) is 8.42 Å². The van der Waals surface area contributed by atoms with Gasteiger partial charge in [0, 0.05) is 29.7 Å². The van der Waals surface area contributed by atoms with Gasteiger partial charge < -0.3 is 10.3 Å². The van der Waals surface area contributed by atoms with Gasteiger partial charge >= 0.3 is 0 Å². The molecule has 3 aromatic rings. The molecule has 1 saturated heterocycles. The van der Waals surface area contributed by atoms with E-state index in [-0.39, 0.29) is 15.8 Å². The second-order valence-corrected chi connectivity index (χ2v) is 9.30. The van der Waals surface area contributed by atoms with E-state index in [1.165, 1.54) is 16.4 Å². The van der Waals surface area contributed by atoms with E-state index in [1.54, 1.807) is 12.1 Å². The maximum absolute atomic E-state index is 12.8. The molecule has 8 heteroatoms. The molecule has 2 heterocycles. The van der Waals surface area contributed by atoms with Gasteiger partial charge in [-0.1, -0.05) is 23.7 Å². The number of nitrogens with zero attached hydrogens (tertiary/aromatic N) is 1. The van der Waals surface area contributed by atoms with E-state index in [0.29, 0.717) is 24.5 Å². The van der Waals surface area contributed by atoms with Crippen LogP contribution < -0.4 is 5.32 Å². The number of hydrogen-bond donors (Lipinski definition) is 2. The van der Waals surface area contributed by atoms with Crippen LogP contribution in [0.1, 0.15) is 28.9 Å². The maximum atomic E-state index is 12.8. The fourth-order valence-corrected chi connectivity index (χ4v) is 5.43. The lowest BCUT2D eigenvalue weighted by molar-refractivity contribution is 0.102. The summed E-state index contributed by atoms with van der Waals surface area (Å²) in [7, 11) is -3.68. The topological polar surface area (TPSA) is 82.3 Å². The highest BCUT2D eigenvalue weighted by Gasteiger charge is 2.29. The van der Waals surface area contributed by atoms with Crippen molar-refractivity contribution >= 4 is 44.1 Å². The molecule has 1 aliphatic rings. The zero-order valence-corrected chi connectivity index (χ0v) is 16.9. The van der Waals surface area contributed by atoms with E-state index in [2.05, 4.69) is 10.3 Å². The van der Waals surface area contributed by atoms with Gasteiger partial charge in [-0.3, -0.25) is 4.79 Å². The molecule has 2 aromatic carbocycles. The van der Waals surface area contributed by atoms with Gasteiger partial charge in [0.25, 0.3) is 5.91 Å². The quantitative estimate of drug-likeness (QED) is 0.668. The van der Waals surface area contributed by atoms with Crippen LogP contribution in [0.15, 0.2) is 47.4 Å². The molecule has 1 fully saturated rings. The molecular formula is C20H20ClN3O3S. The minimum absolute atomic E-state index is 0.0149. The molecule has 0 saturated carbocycles. The summed E-state index contributed by atoms with van der Waals surface area (Å²) in [6.45, 7) is 2.96. The van der Waals surface area contributed by atoms with Gasteiger partial charge in [0.05, 0.1) is 5.02 Å². The molecule has 1 amide bonds. The lowest BCUT2D eigenvalue weighted by Crippen LogP contribution is -2.28. The number of benzene rings is 2. The molecule has 0 aliphatic carbocycles. The van der Waals surface area contributed by atoms with Crippen molar-refractivity contribution < 1.29 is 13.2 Å². The third-order valence-corrected chi connectivity index (χ3v) is 7.27. The summed E-state index contributed by atoms with van der Waals surface area (Å²) in [5, 5.41) is 3.83. The Morgan fingerprint density at radius 1 is 1.11 bits per heavy atom. The molecule has 0 radical (unpaired) electrons. The molecule has 1 aromatic heterocycles. The summed E-state index contributed by atoms with van der Waals surface area (Å²) in [6, 6.07) is 12.2. The number of carbonyl (C=O) groups is 1. The largest absolute Gasteiger partial charge is 0.351 e. The maximum Gasteiger partial charge on any atom is 0.272 e. The van der Waals surface area contributed by atoms with Crippen molar-refractivity contribution in [2.45, 2.75) is 24.7 Å². The first kappa shape index (κ1) is 19.0. The van der Waals surface area contributed by atoms with Crippen LogP contribution >= 0.6 is 11.6 Å². The number of fused-ring (bicyclic) bond motifs is 1. The van der Waals surface area contributed by atoms with Crippen molar-refractivity contribution in [2.75, 3.05) is 18.4 Å². The van der Waals surface area contributed by atoms with Crippen LogP contribution in [0.5, 0.6) is 0 Å². The molecule has 1 aliphatic heterocycles. The number of amides is 1. The van der Waals surface area contributed by atoms with Crippen LogP contribution in [0.25, 0.3) is 10.9 Å². The summed E-state index contributed by atoms with van der Waals surface area (Å²) in [4.78, 5) is 15.7. The number of nitrogens with one attached hydrogen (secondary N) is 2. The number of hydrogen-bond acceptors (Lipinski definition) is 3. The SMILES string of the molecule is Cc1ccc2cc(C(=O)Nc3ccc(Cl)c(S(=O)(=O)N4CCCC4)c3)[nH]c2c1. The lowest BCUT2D eigenvalue weighted by atomic mass is 10.2. The molecule has 6 nitrogen and oxygen atoms in total. The first-order chi connectivity index (χ1) is 13.3. The number of halogens is 1. The highest BCUT2D eigenvalue weighted by Crippen LogP contribution is 2.30. The van der Waals surface area contributed by atoms with E-state index >= 15 is 0 Å². The van der Waals surface area contributed by atoms with Gasteiger partial charge in [0.1, 0.15) is 10.6 Å². The fourth-order valence-electron chi connectivity index (χ4n) is 3.41. The van der Waals surface area contributed by atoms with Crippen LogP contribution in [0.2, 0.25) is 5.02 Å². The van der Waals surface area contributed by atoms with Crippen LogP contribution in [0.3, 0.4) is 0 Å². The molecule has 146 valence electrons. The van der Waals surface area contributed by atoms with Gasteiger partial charge in [-0.05, 0) is 55.7 Å². The van der Waals surface area contributed by atoms with Crippen molar-refractivity contribution in [1.82, 2.24) is 9.29 Å². The summed E-state index contributed by atoms with van der Waals surface area (Å²) in [5.74, 6) is -0.347. The number of H-pyrrole nitrogens is 1. The second kappa shape index (κ2) is 7.24. The molecule has 0 atom stereocenters. The highest BCUT2D eigenvalue weighted by molar-refractivity contribution is 7.89. The first-order valence-electron chi connectivity index (χ1n) is 9.05. The van der Waals surface area contributed by atoms with Crippen molar-refractivity contribution in [2.24, 2.45) is 0 Å². The van der Waals surface area contributed by atoms with Gasteiger partial charge in [0.15, 0.2) is 0 Å². The summed E-state index contributed by atoms with van der Waals surface area (Å²) >= 11 is 6.16. The number of anilines is 1. The number of carbonyl (C=O) groups excluding carboxylic acids is 1. The zero-order valence-electron chi connectivity index (χ0n) is 15.3. The number of aromatic amines is 1. The van der Waals surface area contributed by atoms with Crippen molar-refractivity contribution in [3.05, 3.63) is 58.7 Å². The number of rotatable bonds is 4. The number of sulfonamides is 1. The average molecular weight is 418 g/mol. The molecule has 4 rings (SSSR count). The Morgan fingerprint density at radius 3 is 2.61 bits per heavy atom. The van der Waals surface area contributed by atoms with Crippen LogP contribution in [0, 0.1) is 6.92 Å². The Bertz CT molecular complexity index is 1160. The third kappa shape index (κ3) is 3.53. The standard InChI is InChI=1S/C20H20ClN3O3S/c1-13-4-5-14-11-18(23-17(14)10-13)20(25)22-15-6-7-16(21)19(12-15)28(26,27)24-8-2-3-9-24/h4-7,10-12,23H,2-3,8-9H2,1H3,(H,22,25). The Labute approximate surface area is 168 Å². The molecule has 0 spiro atoms. The predicted octanol–water partition coefficient (Wildman–Crippen LogP) is 4.17. The minimum atomic E-state index is -3.68. The summed E-state index contributed by atoms with van der Waals surface area (Å²) in [5.41, 5.74) is 2.75. The molecular weight excluding hydrogens is 398 g/mol. The number of aryl methyl sites for hydroxylation is 1. The van der Waals surface area contributed by atoms with Crippen LogP contribution in [-0.2, 0) is 10.0 Å². The van der Waals surface area contributed by atoms with E-state index in [1.807, 2.05) is 25.1 Å². The van der Waals surface area contributed by atoms with Gasteiger partial charge in [-0.15, -0.1) is 0 Å². The Morgan fingerprint density at radius 2 is 1.86 bits per heavy atom. The highest BCUT2D eigenvalue weighted by atomic mass is 35.5. The zero-order chi connectivity index (χ0) is 19.9. The Hall–Kier alpha value is -2.35. The van der Waals surface area contributed by atoms with Crippen molar-refractivity contribution in [1.29, 1.82) is 0 Å². The molecule has 0 unspecified atom stereocenters. The predicted molar refractivity (Wildman–Crippen MR) is 110 cm³/mol. The van der Waals surface area contributed by atoms with E-state index in [4.69, 9.17) is 11.6 Å². The molecule has 0 bridgehead atoms. The second-order valence-electron chi connectivity index (χ2n) is 6.98. The molecule has 28 heavy (non-hydrogen) atoms. The fraction of sp³-hybridized carbons (Fsp3) is 0.250. The average Bonchev–Trinajstić information content (AvgIpc) is 3.32. The van der Waals surface area contributed by atoms with Crippen molar-refractivity contribution in [3.8, 4) is 0 Å². The Balaban J connectivity index is 1.61. The normalized spacial score (nSPS) is 15.2. The van der Waals surface area contributed by atoms with Gasteiger partial charge in [-0.2, -0.15) is 4.31 Å². The number of aromatic nitrogens is 1. The van der Waals surface area contributed by atoms with E-state index < -0.39 is 10.0 Å². The summed E-state index contributed by atoms with van der Waals surface area (Å²) in [6.07, 6.45) is 1.68. The van der Waals surface area contributed by atoms with E-state index in [0.717, 1.165) is 29.3 Å². The smallest absolute Gasteiger partial charge is 0.272 e. The van der Waals surface area contributed by atoms with Gasteiger partial charge in [0.2, 0.25) is 10.0 Å². The molecule has 2 N–H and O–H groups in total. The van der Waals surface area contributed by atoms with Crippen LogP contribution in [-0.4, -0.2) is 36.7 Å². The van der Waals surface area contributed by atoms with Crippen LogP contribution in [0.4, 0.5) is 5.69 Å². The minimum Gasteiger partial charge on any atom is -0.351 e. The monoisotopic (exact) mass is 417 g/mol. The summed E-state index contributed by atoms with van der Waals surface area (Å²) < 4.78 is 27.1. The van der Waals surface area contributed by atoms with E-state index in [9.17, 15) is 13.2 Å². The van der Waals surface area contributed by atoms with Crippen molar-refractivity contribution in [3.63, 3.8) is 0 Å². The first-order valence-corrected chi connectivity index (χ1v) is 10.9. The lowest BCUT2D eigenvalue weighted by Gasteiger charge is -2.17. The Kier molecular flexibility index (Phi) is 4.91. The third-order valence-electron chi connectivity index (χ3n) is 4.89.